The van der Waals surface area contributed by atoms with Crippen molar-refractivity contribution < 1.29 is 4.42 Å². The van der Waals surface area contributed by atoms with Gasteiger partial charge in [-0.05, 0) is 37.5 Å². The quantitative estimate of drug-likeness (QED) is 0.849. The van der Waals surface area contributed by atoms with Crippen LogP contribution in [0.1, 0.15) is 37.3 Å². The maximum absolute atomic E-state index is 6.12. The Morgan fingerprint density at radius 1 is 1.29 bits per heavy atom. The van der Waals surface area contributed by atoms with E-state index in [0.29, 0.717) is 5.89 Å². The minimum atomic E-state index is 0.0100. The first-order chi connectivity index (χ1) is 8.06. The van der Waals surface area contributed by atoms with Crippen molar-refractivity contribution in [2.45, 2.75) is 38.8 Å². The van der Waals surface area contributed by atoms with Crippen LogP contribution < -0.4 is 11.5 Å². The van der Waals surface area contributed by atoms with Gasteiger partial charge in [-0.15, -0.1) is 0 Å². The summed E-state index contributed by atoms with van der Waals surface area (Å²) in [6.45, 7) is 3.84. The van der Waals surface area contributed by atoms with E-state index in [0.717, 1.165) is 29.5 Å². The van der Waals surface area contributed by atoms with Crippen molar-refractivity contribution >= 4 is 11.1 Å². The Labute approximate surface area is 101 Å². The van der Waals surface area contributed by atoms with Gasteiger partial charge in [-0.25, -0.2) is 4.98 Å². The van der Waals surface area contributed by atoms with Gasteiger partial charge in [0.25, 0.3) is 0 Å². The number of nitrogens with two attached hydrogens (primary N) is 2. The molecule has 2 unspecified atom stereocenters. The van der Waals surface area contributed by atoms with Crippen molar-refractivity contribution in [1.82, 2.24) is 4.98 Å². The molecule has 4 nitrogen and oxygen atoms in total. The minimum absolute atomic E-state index is 0.0100. The molecule has 1 aromatic carbocycles. The molecule has 1 aromatic heterocycles. The van der Waals surface area contributed by atoms with E-state index in [2.05, 4.69) is 4.98 Å². The molecular formula is C13H19N3O. The molecule has 0 aliphatic rings. The Hall–Kier alpha value is -1.39. The molecule has 17 heavy (non-hydrogen) atoms. The summed E-state index contributed by atoms with van der Waals surface area (Å²) in [6, 6.07) is 6.14. The van der Waals surface area contributed by atoms with Crippen molar-refractivity contribution in [2.75, 3.05) is 0 Å². The third-order valence-electron chi connectivity index (χ3n) is 2.88. The first kappa shape index (κ1) is 12.1. The molecule has 0 radical (unpaired) electrons. The predicted molar refractivity (Wildman–Crippen MR) is 68.6 cm³/mol. The van der Waals surface area contributed by atoms with Crippen molar-refractivity contribution in [3.05, 3.63) is 29.7 Å². The van der Waals surface area contributed by atoms with Crippen molar-refractivity contribution in [1.29, 1.82) is 0 Å². The average molecular weight is 233 g/mol. The molecule has 2 atom stereocenters. The van der Waals surface area contributed by atoms with E-state index in [1.54, 1.807) is 0 Å². The van der Waals surface area contributed by atoms with E-state index in [-0.39, 0.29) is 12.1 Å². The largest absolute Gasteiger partial charge is 0.441 e. The molecule has 2 aromatic rings. The van der Waals surface area contributed by atoms with Crippen LogP contribution in [0.2, 0.25) is 0 Å². The average Bonchev–Trinajstić information content (AvgIpc) is 2.64. The fourth-order valence-electron chi connectivity index (χ4n) is 1.90. The number of aromatic nitrogens is 1. The third kappa shape index (κ3) is 2.84. The smallest absolute Gasteiger partial charge is 0.192 e. The highest BCUT2D eigenvalue weighted by molar-refractivity contribution is 5.73. The Bertz CT molecular complexity index is 504. The topological polar surface area (TPSA) is 78.1 Å². The van der Waals surface area contributed by atoms with Crippen LogP contribution in [-0.4, -0.2) is 11.0 Å². The molecule has 2 rings (SSSR count). The van der Waals surface area contributed by atoms with Crippen molar-refractivity contribution in [3.63, 3.8) is 0 Å². The van der Waals surface area contributed by atoms with Gasteiger partial charge in [0.15, 0.2) is 11.5 Å². The number of oxazole rings is 1. The number of rotatable bonds is 4. The molecule has 4 heteroatoms. The molecule has 0 aliphatic heterocycles. The van der Waals surface area contributed by atoms with E-state index >= 15 is 0 Å². The molecule has 0 fully saturated rings. The molecule has 0 aliphatic carbocycles. The SMILES string of the molecule is Cc1nc2ccc(C(N)CCC(C)N)cc2o1. The first-order valence-corrected chi connectivity index (χ1v) is 5.94. The number of benzene rings is 1. The highest BCUT2D eigenvalue weighted by Gasteiger charge is 2.10. The van der Waals surface area contributed by atoms with Crippen LogP contribution in [0.15, 0.2) is 22.6 Å². The summed E-state index contributed by atoms with van der Waals surface area (Å²) in [5.74, 6) is 0.682. The van der Waals surface area contributed by atoms with E-state index in [1.165, 1.54) is 0 Å². The van der Waals surface area contributed by atoms with Gasteiger partial charge in [0.2, 0.25) is 0 Å². The normalized spacial score (nSPS) is 15.1. The number of aryl methyl sites for hydroxylation is 1. The summed E-state index contributed by atoms with van der Waals surface area (Å²) in [7, 11) is 0. The van der Waals surface area contributed by atoms with Gasteiger partial charge >= 0.3 is 0 Å². The molecule has 0 saturated carbocycles. The van der Waals surface area contributed by atoms with E-state index in [4.69, 9.17) is 15.9 Å². The van der Waals surface area contributed by atoms with E-state index in [9.17, 15) is 0 Å². The Morgan fingerprint density at radius 2 is 2.06 bits per heavy atom. The summed E-state index contributed by atoms with van der Waals surface area (Å²) in [5.41, 5.74) is 14.6. The van der Waals surface area contributed by atoms with Crippen LogP contribution in [0, 0.1) is 6.92 Å². The monoisotopic (exact) mass is 233 g/mol. The summed E-state index contributed by atoms with van der Waals surface area (Å²) in [6.07, 6.45) is 1.81. The van der Waals surface area contributed by atoms with E-state index in [1.807, 2.05) is 32.0 Å². The van der Waals surface area contributed by atoms with Crippen LogP contribution in [0.25, 0.3) is 11.1 Å². The summed E-state index contributed by atoms with van der Waals surface area (Å²) < 4.78 is 5.49. The minimum Gasteiger partial charge on any atom is -0.441 e. The van der Waals surface area contributed by atoms with Gasteiger partial charge in [-0.3, -0.25) is 0 Å². The molecule has 4 N–H and O–H groups in total. The van der Waals surface area contributed by atoms with Gasteiger partial charge < -0.3 is 15.9 Å². The van der Waals surface area contributed by atoms with Crippen LogP contribution in [0.4, 0.5) is 0 Å². The number of hydrogen-bond donors (Lipinski definition) is 2. The van der Waals surface area contributed by atoms with Gasteiger partial charge in [0, 0.05) is 19.0 Å². The molecular weight excluding hydrogens is 214 g/mol. The zero-order chi connectivity index (χ0) is 12.4. The van der Waals surface area contributed by atoms with Gasteiger partial charge in [0.05, 0.1) is 0 Å². The maximum Gasteiger partial charge on any atom is 0.192 e. The molecule has 0 bridgehead atoms. The lowest BCUT2D eigenvalue weighted by atomic mass is 10.0. The van der Waals surface area contributed by atoms with Crippen LogP contribution in [0.5, 0.6) is 0 Å². The third-order valence-corrected chi connectivity index (χ3v) is 2.88. The van der Waals surface area contributed by atoms with Gasteiger partial charge in [0.1, 0.15) is 5.52 Å². The summed E-state index contributed by atoms with van der Waals surface area (Å²) >= 11 is 0. The molecule has 92 valence electrons. The van der Waals surface area contributed by atoms with Gasteiger partial charge in [-0.1, -0.05) is 6.07 Å². The lowest BCUT2D eigenvalue weighted by Crippen LogP contribution is -2.18. The fourth-order valence-corrected chi connectivity index (χ4v) is 1.90. The van der Waals surface area contributed by atoms with E-state index < -0.39 is 0 Å². The fraction of sp³-hybridized carbons (Fsp3) is 0.462. The molecule has 0 saturated heterocycles. The second-order valence-corrected chi connectivity index (χ2v) is 4.62. The van der Waals surface area contributed by atoms with Crippen LogP contribution >= 0.6 is 0 Å². The summed E-state index contributed by atoms with van der Waals surface area (Å²) in [5, 5.41) is 0. The Kier molecular flexibility index (Phi) is 3.45. The van der Waals surface area contributed by atoms with Crippen LogP contribution in [0.3, 0.4) is 0 Å². The second-order valence-electron chi connectivity index (χ2n) is 4.62. The standard InChI is InChI=1S/C13H19N3O/c1-8(14)3-5-11(15)10-4-6-12-13(7-10)17-9(2)16-12/h4,6-8,11H,3,5,14-15H2,1-2H3. The molecule has 1 heterocycles. The Morgan fingerprint density at radius 3 is 2.76 bits per heavy atom. The van der Waals surface area contributed by atoms with Crippen molar-refractivity contribution in [2.24, 2.45) is 11.5 Å². The highest BCUT2D eigenvalue weighted by atomic mass is 16.3. The predicted octanol–water partition coefficient (Wildman–Crippen LogP) is 2.26. The molecule has 0 amide bonds. The van der Waals surface area contributed by atoms with Crippen molar-refractivity contribution in [3.8, 4) is 0 Å². The zero-order valence-corrected chi connectivity index (χ0v) is 10.3. The first-order valence-electron chi connectivity index (χ1n) is 5.94. The summed E-state index contributed by atoms with van der Waals surface area (Å²) in [4.78, 5) is 4.26. The van der Waals surface area contributed by atoms with Crippen LogP contribution in [-0.2, 0) is 0 Å². The maximum atomic E-state index is 6.12. The lowest BCUT2D eigenvalue weighted by molar-refractivity contribution is 0.549. The van der Waals surface area contributed by atoms with Gasteiger partial charge in [-0.2, -0.15) is 0 Å². The Balaban J connectivity index is 2.17. The number of fused-ring (bicyclic) bond motifs is 1. The number of nitrogens with zero attached hydrogens (tertiary/aromatic N) is 1. The zero-order valence-electron chi connectivity index (χ0n) is 10.3. The highest BCUT2D eigenvalue weighted by Crippen LogP contribution is 2.22. The molecule has 0 spiro atoms. The number of hydrogen-bond acceptors (Lipinski definition) is 4. The lowest BCUT2D eigenvalue weighted by Gasteiger charge is -2.13. The second kappa shape index (κ2) is 4.85.